The smallest absolute Gasteiger partial charge is 0.475 e. The van der Waals surface area contributed by atoms with Gasteiger partial charge in [-0.25, -0.2) is 9.36 Å². The summed E-state index contributed by atoms with van der Waals surface area (Å²) in [6, 6.07) is 0. The van der Waals surface area contributed by atoms with E-state index in [1.54, 1.807) is 0 Å². The molecule has 5 nitrogen and oxygen atoms in total. The van der Waals surface area contributed by atoms with E-state index in [0.717, 1.165) is 0 Å². The topological polar surface area (TPSA) is 68.0 Å². The predicted molar refractivity (Wildman–Crippen MR) is 28.3 cm³/mol. The zero-order valence-corrected chi connectivity index (χ0v) is 5.41. The highest BCUT2D eigenvalue weighted by Gasteiger charge is 2.35. The Kier molecular flexibility index (Phi) is 1.75. The molecule has 8 heteroatoms. The number of hydrogen-bond donors (Lipinski definition) is 1. The Bertz CT molecular complexity index is 305. The minimum atomic E-state index is -4.79. The van der Waals surface area contributed by atoms with Crippen LogP contribution in [0.4, 0.5) is 13.2 Å². The lowest BCUT2D eigenvalue weighted by Gasteiger charge is -2.06. The number of hydrogen-bond acceptors (Lipinski definition) is 3. The maximum absolute atomic E-state index is 11.9. The molecule has 0 aliphatic rings. The minimum absolute atomic E-state index is 0.295. The van der Waals surface area contributed by atoms with E-state index >= 15 is 0 Å². The van der Waals surface area contributed by atoms with E-state index in [0.29, 0.717) is 6.33 Å². The van der Waals surface area contributed by atoms with E-state index in [1.807, 2.05) is 0 Å². The van der Waals surface area contributed by atoms with Crippen molar-refractivity contribution in [2.75, 3.05) is 0 Å². The van der Waals surface area contributed by atoms with E-state index in [9.17, 15) is 18.0 Å². The Hall–Kier alpha value is -1.60. The molecule has 0 spiro atoms. The van der Waals surface area contributed by atoms with Gasteiger partial charge in [0.1, 0.15) is 6.33 Å². The summed E-state index contributed by atoms with van der Waals surface area (Å²) in [6.07, 6.45) is -4.50. The monoisotopic (exact) mass is 181 g/mol. The number of carboxylic acid groups (broad SMARTS) is 1. The van der Waals surface area contributed by atoms with Crippen molar-refractivity contribution in [3.63, 3.8) is 0 Å². The molecule has 0 bridgehead atoms. The Balaban J connectivity index is 3.17. The van der Waals surface area contributed by atoms with Crippen LogP contribution in [-0.2, 0) is 6.30 Å². The van der Waals surface area contributed by atoms with E-state index < -0.39 is 22.7 Å². The summed E-state index contributed by atoms with van der Waals surface area (Å²) >= 11 is 0. The number of halogens is 3. The fraction of sp³-hybridized carbons (Fsp3) is 0.250. The highest BCUT2D eigenvalue weighted by atomic mass is 19.4. The molecule has 0 radical (unpaired) electrons. The van der Waals surface area contributed by atoms with Crippen LogP contribution in [0, 0.1) is 0 Å². The van der Waals surface area contributed by atoms with Crippen LogP contribution in [0.3, 0.4) is 0 Å². The van der Waals surface area contributed by atoms with Gasteiger partial charge >= 0.3 is 12.3 Å². The van der Waals surface area contributed by atoms with Crippen molar-refractivity contribution in [2.24, 2.45) is 0 Å². The van der Waals surface area contributed by atoms with Crippen LogP contribution in [-0.4, -0.2) is 25.8 Å². The van der Waals surface area contributed by atoms with Crippen molar-refractivity contribution < 1.29 is 23.1 Å². The lowest BCUT2D eigenvalue weighted by Crippen LogP contribution is -2.21. The fourth-order valence-electron chi connectivity index (χ4n) is 0.566. The molecule has 0 amide bonds. The van der Waals surface area contributed by atoms with Crippen LogP contribution in [0.15, 0.2) is 6.33 Å². The van der Waals surface area contributed by atoms with Crippen molar-refractivity contribution in [2.45, 2.75) is 6.30 Å². The third kappa shape index (κ3) is 1.36. The average molecular weight is 181 g/mol. The highest BCUT2D eigenvalue weighted by molar-refractivity contribution is 5.83. The Morgan fingerprint density at radius 3 is 2.50 bits per heavy atom. The van der Waals surface area contributed by atoms with Crippen molar-refractivity contribution in [3.8, 4) is 0 Å². The molecule has 0 aliphatic carbocycles. The summed E-state index contributed by atoms with van der Waals surface area (Å²) in [7, 11) is 0. The molecule has 1 N–H and O–H groups in total. The number of aromatic carboxylic acids is 1. The van der Waals surface area contributed by atoms with Gasteiger partial charge in [0.15, 0.2) is 0 Å². The second-order valence-corrected chi connectivity index (χ2v) is 1.80. The molecule has 1 rings (SSSR count). The summed E-state index contributed by atoms with van der Waals surface area (Å²) in [6.45, 7) is 0. The Labute approximate surface area is 63.4 Å². The van der Waals surface area contributed by atoms with Crippen molar-refractivity contribution in [1.82, 2.24) is 14.8 Å². The largest absolute Gasteiger partial charge is 0.491 e. The van der Waals surface area contributed by atoms with Crippen LogP contribution >= 0.6 is 0 Å². The molecule has 1 aromatic rings. The van der Waals surface area contributed by atoms with Gasteiger partial charge in [0.05, 0.1) is 0 Å². The number of nitrogens with zero attached hydrogens (tertiary/aromatic N) is 3. The number of aromatic nitrogens is 3. The third-order valence-electron chi connectivity index (χ3n) is 1.01. The molecule has 12 heavy (non-hydrogen) atoms. The molecule has 0 aromatic carbocycles. The van der Waals surface area contributed by atoms with Crippen molar-refractivity contribution in [1.29, 1.82) is 0 Å². The van der Waals surface area contributed by atoms with Gasteiger partial charge in [-0.05, 0) is 0 Å². The fourth-order valence-corrected chi connectivity index (χ4v) is 0.566. The summed E-state index contributed by atoms with van der Waals surface area (Å²) < 4.78 is 35.1. The number of rotatable bonds is 1. The number of carboxylic acids is 1. The SMILES string of the molecule is O=C(O)c1nncn1C(F)(F)F. The first-order chi connectivity index (χ1) is 5.43. The van der Waals surface area contributed by atoms with E-state index in [4.69, 9.17) is 5.11 Å². The molecule has 1 heterocycles. The molecular formula is C4H2F3N3O2. The summed E-state index contributed by atoms with van der Waals surface area (Å²) in [5.41, 5.74) is 0. The van der Waals surface area contributed by atoms with Gasteiger partial charge in [0.25, 0.3) is 0 Å². The standard InChI is InChI=1S/C4H2F3N3O2/c5-4(6,7)10-1-8-9-2(10)3(11)12/h1H,(H,11,12). The maximum Gasteiger partial charge on any atom is 0.491 e. The summed E-state index contributed by atoms with van der Waals surface area (Å²) in [4.78, 5) is 10.1. The summed E-state index contributed by atoms with van der Waals surface area (Å²) in [5.74, 6) is -2.92. The predicted octanol–water partition coefficient (Wildman–Crippen LogP) is 0.453. The van der Waals surface area contributed by atoms with E-state index in [1.165, 1.54) is 0 Å². The lowest BCUT2D eigenvalue weighted by atomic mass is 10.6. The average Bonchev–Trinajstić information content (AvgIpc) is 2.30. The first-order valence-corrected chi connectivity index (χ1v) is 2.63. The highest BCUT2D eigenvalue weighted by Crippen LogP contribution is 2.22. The minimum Gasteiger partial charge on any atom is -0.475 e. The van der Waals surface area contributed by atoms with Gasteiger partial charge < -0.3 is 5.11 Å². The van der Waals surface area contributed by atoms with Crippen LogP contribution in [0.5, 0.6) is 0 Å². The second-order valence-electron chi connectivity index (χ2n) is 1.80. The van der Waals surface area contributed by atoms with E-state index in [2.05, 4.69) is 10.2 Å². The molecular weight excluding hydrogens is 179 g/mol. The molecule has 0 saturated carbocycles. The summed E-state index contributed by atoms with van der Waals surface area (Å²) in [5, 5.41) is 13.8. The van der Waals surface area contributed by atoms with Crippen LogP contribution in [0.25, 0.3) is 0 Å². The second kappa shape index (κ2) is 2.47. The maximum atomic E-state index is 11.9. The van der Waals surface area contributed by atoms with Crippen LogP contribution in [0.1, 0.15) is 10.6 Å². The zero-order valence-electron chi connectivity index (χ0n) is 5.41. The quantitative estimate of drug-likeness (QED) is 0.682. The molecule has 66 valence electrons. The molecule has 0 aliphatic heterocycles. The molecule has 0 atom stereocenters. The zero-order chi connectivity index (χ0) is 9.35. The van der Waals surface area contributed by atoms with Gasteiger partial charge in [-0.3, -0.25) is 0 Å². The Morgan fingerprint density at radius 2 is 2.17 bits per heavy atom. The molecule has 0 unspecified atom stereocenters. The third-order valence-corrected chi connectivity index (χ3v) is 1.01. The van der Waals surface area contributed by atoms with Crippen molar-refractivity contribution in [3.05, 3.63) is 12.2 Å². The first-order valence-electron chi connectivity index (χ1n) is 2.63. The Morgan fingerprint density at radius 1 is 1.58 bits per heavy atom. The van der Waals surface area contributed by atoms with Gasteiger partial charge in [-0.15, -0.1) is 23.4 Å². The number of carbonyl (C=O) groups is 1. The van der Waals surface area contributed by atoms with Gasteiger partial charge in [-0.1, -0.05) is 0 Å². The first kappa shape index (κ1) is 8.50. The van der Waals surface area contributed by atoms with E-state index in [-0.39, 0.29) is 0 Å². The van der Waals surface area contributed by atoms with Gasteiger partial charge in [0.2, 0.25) is 5.82 Å². The normalized spacial score (nSPS) is 11.6. The van der Waals surface area contributed by atoms with Gasteiger partial charge in [0, 0.05) is 0 Å². The molecule has 0 fully saturated rings. The van der Waals surface area contributed by atoms with Gasteiger partial charge in [-0.2, -0.15) is 0 Å². The van der Waals surface area contributed by atoms with Crippen molar-refractivity contribution >= 4 is 5.97 Å². The molecule has 1 aromatic heterocycles. The van der Waals surface area contributed by atoms with Crippen LogP contribution in [0.2, 0.25) is 0 Å². The lowest BCUT2D eigenvalue weighted by molar-refractivity contribution is -0.205. The van der Waals surface area contributed by atoms with Crippen LogP contribution < -0.4 is 0 Å². The number of alkyl halides is 3. The molecule has 0 saturated heterocycles.